The number of unbranched alkanes of at least 4 members (excludes halogenated alkanes) is 1. The molecule has 1 aromatic rings. The number of para-hydroxylation sites is 1. The standard InChI is InChI=1S/C18H30N2O3S/c1-5-7-11-16(6-2)13-19-18(21)14-20(24(4,22)23)17-12-9-8-10-15(17)3/h8-10,12,16H,5-7,11,13-14H2,1-4H3,(H,19,21)/t16-/m1/s1. The van der Waals surface area contributed by atoms with Gasteiger partial charge >= 0.3 is 0 Å². The van der Waals surface area contributed by atoms with Crippen molar-refractivity contribution >= 4 is 21.6 Å². The molecule has 0 saturated carbocycles. The lowest BCUT2D eigenvalue weighted by Crippen LogP contribution is -2.42. The van der Waals surface area contributed by atoms with E-state index in [1.807, 2.05) is 19.1 Å². The zero-order chi connectivity index (χ0) is 18.2. The molecule has 1 rings (SSSR count). The molecule has 0 heterocycles. The molecule has 0 radical (unpaired) electrons. The van der Waals surface area contributed by atoms with Gasteiger partial charge in [-0.1, -0.05) is 51.3 Å². The summed E-state index contributed by atoms with van der Waals surface area (Å²) in [7, 11) is -3.52. The topological polar surface area (TPSA) is 66.5 Å². The third-order valence-electron chi connectivity index (χ3n) is 4.20. The molecule has 0 spiro atoms. The zero-order valence-electron chi connectivity index (χ0n) is 15.2. The lowest BCUT2D eigenvalue weighted by molar-refractivity contribution is -0.119. The summed E-state index contributed by atoms with van der Waals surface area (Å²) >= 11 is 0. The van der Waals surface area contributed by atoms with Gasteiger partial charge in [0.05, 0.1) is 11.9 Å². The van der Waals surface area contributed by atoms with E-state index in [0.717, 1.165) is 37.5 Å². The lowest BCUT2D eigenvalue weighted by Gasteiger charge is -2.24. The summed E-state index contributed by atoms with van der Waals surface area (Å²) in [5, 5.41) is 2.89. The van der Waals surface area contributed by atoms with Gasteiger partial charge in [-0.05, 0) is 30.9 Å². The number of benzene rings is 1. The highest BCUT2D eigenvalue weighted by Gasteiger charge is 2.22. The second-order valence-corrected chi connectivity index (χ2v) is 8.18. The van der Waals surface area contributed by atoms with Crippen LogP contribution in [-0.4, -0.2) is 33.7 Å². The number of aryl methyl sites for hydroxylation is 1. The van der Waals surface area contributed by atoms with Gasteiger partial charge in [-0.2, -0.15) is 0 Å². The number of anilines is 1. The van der Waals surface area contributed by atoms with Gasteiger partial charge in [0.2, 0.25) is 15.9 Å². The number of hydrogen-bond donors (Lipinski definition) is 1. The molecular formula is C18H30N2O3S. The number of nitrogens with one attached hydrogen (secondary N) is 1. The van der Waals surface area contributed by atoms with E-state index in [0.29, 0.717) is 18.2 Å². The van der Waals surface area contributed by atoms with Crippen LogP contribution in [0, 0.1) is 12.8 Å². The zero-order valence-corrected chi connectivity index (χ0v) is 16.0. The Morgan fingerprint density at radius 3 is 2.46 bits per heavy atom. The minimum atomic E-state index is -3.52. The number of nitrogens with zero attached hydrogens (tertiary/aromatic N) is 1. The summed E-state index contributed by atoms with van der Waals surface area (Å²) in [5.74, 6) is 0.178. The van der Waals surface area contributed by atoms with Gasteiger partial charge in [0.1, 0.15) is 6.54 Å². The first kappa shape index (κ1) is 20.5. The minimum absolute atomic E-state index is 0.187. The highest BCUT2D eigenvalue weighted by atomic mass is 32.2. The quantitative estimate of drug-likeness (QED) is 0.702. The molecular weight excluding hydrogens is 324 g/mol. The number of carbonyl (C=O) groups excluding carboxylic acids is 1. The first-order valence-corrected chi connectivity index (χ1v) is 10.4. The van der Waals surface area contributed by atoms with Crippen LogP contribution in [-0.2, 0) is 14.8 Å². The Morgan fingerprint density at radius 1 is 1.25 bits per heavy atom. The van der Waals surface area contributed by atoms with E-state index in [4.69, 9.17) is 0 Å². The number of rotatable bonds is 10. The van der Waals surface area contributed by atoms with Crippen LogP contribution in [0.4, 0.5) is 5.69 Å². The SMILES string of the molecule is CCCC[C@@H](CC)CNC(=O)CN(c1ccccc1C)S(C)(=O)=O. The van der Waals surface area contributed by atoms with Crippen molar-refractivity contribution < 1.29 is 13.2 Å². The van der Waals surface area contributed by atoms with Crippen molar-refractivity contribution in [3.05, 3.63) is 29.8 Å². The smallest absolute Gasteiger partial charge is 0.240 e. The summed E-state index contributed by atoms with van der Waals surface area (Å²) in [6.07, 6.45) is 5.50. The summed E-state index contributed by atoms with van der Waals surface area (Å²) in [6.45, 7) is 6.51. The van der Waals surface area contributed by atoms with E-state index in [2.05, 4.69) is 19.2 Å². The molecule has 6 heteroatoms. The normalized spacial score (nSPS) is 12.7. The van der Waals surface area contributed by atoms with Crippen molar-refractivity contribution in [1.82, 2.24) is 5.32 Å². The Morgan fingerprint density at radius 2 is 1.92 bits per heavy atom. The Bertz CT molecular complexity index is 629. The van der Waals surface area contributed by atoms with Crippen LogP contribution in [0.3, 0.4) is 0 Å². The van der Waals surface area contributed by atoms with Gasteiger partial charge in [-0.3, -0.25) is 9.10 Å². The molecule has 24 heavy (non-hydrogen) atoms. The molecule has 0 aliphatic heterocycles. The van der Waals surface area contributed by atoms with Crippen molar-refractivity contribution in [2.24, 2.45) is 5.92 Å². The minimum Gasteiger partial charge on any atom is -0.354 e. The molecule has 1 atom stereocenters. The van der Waals surface area contributed by atoms with E-state index >= 15 is 0 Å². The molecule has 0 aromatic heterocycles. The van der Waals surface area contributed by atoms with Crippen molar-refractivity contribution in [1.29, 1.82) is 0 Å². The molecule has 0 bridgehead atoms. The molecule has 5 nitrogen and oxygen atoms in total. The highest BCUT2D eigenvalue weighted by molar-refractivity contribution is 7.92. The predicted octanol–water partition coefficient (Wildman–Crippen LogP) is 3.09. The van der Waals surface area contributed by atoms with Crippen LogP contribution in [0.15, 0.2) is 24.3 Å². The summed E-state index contributed by atoms with van der Waals surface area (Å²) < 4.78 is 25.4. The van der Waals surface area contributed by atoms with E-state index in [1.54, 1.807) is 12.1 Å². The van der Waals surface area contributed by atoms with Gasteiger partial charge in [-0.25, -0.2) is 8.42 Å². The van der Waals surface area contributed by atoms with E-state index in [-0.39, 0.29) is 12.5 Å². The predicted molar refractivity (Wildman–Crippen MR) is 99.7 cm³/mol. The first-order chi connectivity index (χ1) is 11.3. The van der Waals surface area contributed by atoms with Gasteiger partial charge in [0.15, 0.2) is 0 Å². The van der Waals surface area contributed by atoms with Gasteiger partial charge < -0.3 is 5.32 Å². The Kier molecular flexibility index (Phi) is 8.25. The van der Waals surface area contributed by atoms with Crippen LogP contribution in [0.25, 0.3) is 0 Å². The number of sulfonamides is 1. The highest BCUT2D eigenvalue weighted by Crippen LogP contribution is 2.21. The van der Waals surface area contributed by atoms with Crippen LogP contribution in [0.5, 0.6) is 0 Å². The maximum absolute atomic E-state index is 12.3. The molecule has 0 fully saturated rings. The number of hydrogen-bond acceptors (Lipinski definition) is 3. The molecule has 0 aliphatic carbocycles. The summed E-state index contributed by atoms with van der Waals surface area (Å²) in [5.41, 5.74) is 1.37. The number of carbonyl (C=O) groups is 1. The van der Waals surface area contributed by atoms with Crippen molar-refractivity contribution in [2.45, 2.75) is 46.5 Å². The molecule has 0 saturated heterocycles. The number of amides is 1. The van der Waals surface area contributed by atoms with Crippen LogP contribution < -0.4 is 9.62 Å². The Balaban J connectivity index is 2.75. The fourth-order valence-electron chi connectivity index (χ4n) is 2.61. The first-order valence-electron chi connectivity index (χ1n) is 8.59. The summed E-state index contributed by atoms with van der Waals surface area (Å²) in [6, 6.07) is 7.18. The third-order valence-corrected chi connectivity index (χ3v) is 5.33. The van der Waals surface area contributed by atoms with E-state index < -0.39 is 10.0 Å². The maximum atomic E-state index is 12.3. The van der Waals surface area contributed by atoms with Gasteiger partial charge in [0, 0.05) is 6.54 Å². The average Bonchev–Trinajstić information content (AvgIpc) is 2.52. The van der Waals surface area contributed by atoms with Crippen molar-refractivity contribution in [3.63, 3.8) is 0 Å². The average molecular weight is 355 g/mol. The van der Waals surface area contributed by atoms with E-state index in [9.17, 15) is 13.2 Å². The Hall–Kier alpha value is -1.56. The lowest BCUT2D eigenvalue weighted by atomic mass is 9.99. The van der Waals surface area contributed by atoms with Gasteiger partial charge in [0.25, 0.3) is 0 Å². The van der Waals surface area contributed by atoms with Gasteiger partial charge in [-0.15, -0.1) is 0 Å². The molecule has 1 N–H and O–H groups in total. The maximum Gasteiger partial charge on any atom is 0.240 e. The monoisotopic (exact) mass is 354 g/mol. The second-order valence-electron chi connectivity index (χ2n) is 6.28. The largest absolute Gasteiger partial charge is 0.354 e. The molecule has 1 amide bonds. The molecule has 0 unspecified atom stereocenters. The summed E-state index contributed by atoms with van der Waals surface area (Å²) in [4.78, 5) is 12.3. The van der Waals surface area contributed by atoms with Crippen molar-refractivity contribution in [2.75, 3.05) is 23.7 Å². The molecule has 136 valence electrons. The van der Waals surface area contributed by atoms with Crippen LogP contribution in [0.1, 0.15) is 45.1 Å². The fraction of sp³-hybridized carbons (Fsp3) is 0.611. The van der Waals surface area contributed by atoms with Crippen molar-refractivity contribution in [3.8, 4) is 0 Å². The molecule has 1 aromatic carbocycles. The van der Waals surface area contributed by atoms with Crippen LogP contribution in [0.2, 0.25) is 0 Å². The Labute approximate surface area is 146 Å². The molecule has 0 aliphatic rings. The van der Waals surface area contributed by atoms with Crippen LogP contribution >= 0.6 is 0 Å². The fourth-order valence-corrected chi connectivity index (χ4v) is 3.53. The third kappa shape index (κ3) is 6.51. The van der Waals surface area contributed by atoms with E-state index in [1.165, 1.54) is 4.31 Å². The second kappa shape index (κ2) is 9.67.